The average Bonchev–Trinajstić information content (AvgIpc) is 2.90. The molecule has 0 aromatic carbocycles. The first-order valence-electron chi connectivity index (χ1n) is 10.0. The van der Waals surface area contributed by atoms with Crippen LogP contribution in [0.5, 0.6) is 0 Å². The maximum absolute atomic E-state index is 3.40. The summed E-state index contributed by atoms with van der Waals surface area (Å²) in [5, 5.41) is 0. The summed E-state index contributed by atoms with van der Waals surface area (Å²) in [5.41, 5.74) is 4.26. The van der Waals surface area contributed by atoms with E-state index in [0.29, 0.717) is 16.6 Å². The third-order valence-electron chi connectivity index (χ3n) is 5.24. The molecule has 1 rings (SSSR count). The first kappa shape index (κ1) is 21.7. The third kappa shape index (κ3) is 4.83. The van der Waals surface area contributed by atoms with Gasteiger partial charge in [0.1, 0.15) is 0 Å². The van der Waals surface area contributed by atoms with Crippen LogP contribution in [0, 0.1) is 23.7 Å². The van der Waals surface area contributed by atoms with Gasteiger partial charge in [-0.05, 0) is 29.5 Å². The highest BCUT2D eigenvalue weighted by Crippen LogP contribution is 2.43. The summed E-state index contributed by atoms with van der Waals surface area (Å²) in [6, 6.07) is 0. The van der Waals surface area contributed by atoms with Gasteiger partial charge < -0.3 is 4.23 Å². The van der Waals surface area contributed by atoms with Gasteiger partial charge in [-0.1, -0.05) is 79.1 Å². The minimum atomic E-state index is -1.73. The van der Waals surface area contributed by atoms with Crippen LogP contribution in [0.25, 0.3) is 0 Å². The van der Waals surface area contributed by atoms with Gasteiger partial charge in [0.15, 0.2) is 8.24 Å². The van der Waals surface area contributed by atoms with E-state index < -0.39 is 8.24 Å². The van der Waals surface area contributed by atoms with E-state index in [1.807, 2.05) is 0 Å². The van der Waals surface area contributed by atoms with Gasteiger partial charge in [-0.3, -0.25) is 0 Å². The van der Waals surface area contributed by atoms with Crippen LogP contribution in [0.4, 0.5) is 0 Å². The van der Waals surface area contributed by atoms with Crippen molar-refractivity contribution in [2.24, 2.45) is 0 Å². The lowest BCUT2D eigenvalue weighted by atomic mass is 10.2. The van der Waals surface area contributed by atoms with E-state index in [1.165, 1.54) is 0 Å². The van der Waals surface area contributed by atoms with Gasteiger partial charge in [-0.2, -0.15) is 0 Å². The smallest absolute Gasteiger partial charge is 0.168 e. The minimum absolute atomic E-state index is 0.674. The average molecular weight is 356 g/mol. The SMILES string of the molecule is CCCC#Cc1cn([Si](C(C)C)(C(C)C)C(C)C)cc1C#CCCC. The van der Waals surface area contributed by atoms with Crippen LogP contribution in [0.1, 0.15) is 92.2 Å². The Balaban J connectivity index is 3.52. The van der Waals surface area contributed by atoms with E-state index in [0.717, 1.165) is 36.8 Å². The van der Waals surface area contributed by atoms with Crippen LogP contribution in [0.15, 0.2) is 12.4 Å². The molecule has 0 aliphatic rings. The minimum Gasteiger partial charge on any atom is -0.377 e. The molecule has 0 aliphatic carbocycles. The molecule has 0 spiro atoms. The largest absolute Gasteiger partial charge is 0.377 e. The molecule has 25 heavy (non-hydrogen) atoms. The normalized spacial score (nSPS) is 11.5. The van der Waals surface area contributed by atoms with Gasteiger partial charge >= 0.3 is 0 Å². The molecule has 0 amide bonds. The maximum Gasteiger partial charge on any atom is 0.168 e. The van der Waals surface area contributed by atoms with Crippen LogP contribution in [-0.4, -0.2) is 12.5 Å². The van der Waals surface area contributed by atoms with Crippen molar-refractivity contribution in [2.75, 3.05) is 0 Å². The summed E-state index contributed by atoms with van der Waals surface area (Å²) in [6.45, 7) is 18.8. The van der Waals surface area contributed by atoms with E-state index in [1.54, 1.807) is 0 Å². The zero-order valence-corrected chi connectivity index (χ0v) is 18.7. The van der Waals surface area contributed by atoms with Crippen molar-refractivity contribution in [3.8, 4) is 23.7 Å². The van der Waals surface area contributed by atoms with E-state index in [-0.39, 0.29) is 0 Å². The molecule has 0 aliphatic heterocycles. The first-order chi connectivity index (χ1) is 11.8. The maximum atomic E-state index is 3.40. The van der Waals surface area contributed by atoms with Crippen LogP contribution in [0.2, 0.25) is 16.6 Å². The first-order valence-corrected chi connectivity index (χ1v) is 12.2. The highest BCUT2D eigenvalue weighted by Gasteiger charge is 2.45. The molecular formula is C23H37NSi. The van der Waals surface area contributed by atoms with Gasteiger partial charge in [0.25, 0.3) is 0 Å². The fourth-order valence-corrected chi connectivity index (χ4v) is 10.8. The Morgan fingerprint density at radius 1 is 0.760 bits per heavy atom. The number of hydrogen-bond donors (Lipinski definition) is 0. The monoisotopic (exact) mass is 355 g/mol. The molecule has 0 radical (unpaired) electrons. The number of hydrogen-bond acceptors (Lipinski definition) is 0. The van der Waals surface area contributed by atoms with Crippen molar-refractivity contribution in [2.45, 2.75) is 97.7 Å². The van der Waals surface area contributed by atoms with Crippen molar-refractivity contribution >= 4 is 8.24 Å². The Kier molecular flexibility index (Phi) is 8.61. The van der Waals surface area contributed by atoms with Crippen LogP contribution in [-0.2, 0) is 0 Å². The van der Waals surface area contributed by atoms with Crippen molar-refractivity contribution in [3.05, 3.63) is 23.5 Å². The van der Waals surface area contributed by atoms with Crippen molar-refractivity contribution in [3.63, 3.8) is 0 Å². The summed E-state index contributed by atoms with van der Waals surface area (Å²) in [5.74, 6) is 13.4. The zero-order chi connectivity index (χ0) is 19.0. The van der Waals surface area contributed by atoms with Crippen molar-refractivity contribution < 1.29 is 0 Å². The van der Waals surface area contributed by atoms with Gasteiger partial charge in [0.05, 0.1) is 11.1 Å². The molecule has 0 saturated carbocycles. The van der Waals surface area contributed by atoms with Crippen molar-refractivity contribution in [1.29, 1.82) is 0 Å². The molecule has 138 valence electrons. The summed E-state index contributed by atoms with van der Waals surface area (Å²) < 4.78 is 2.57. The number of unbranched alkanes of at least 4 members (excludes halogenated alkanes) is 2. The molecule has 1 aromatic heterocycles. The van der Waals surface area contributed by atoms with Crippen molar-refractivity contribution in [1.82, 2.24) is 4.23 Å². The van der Waals surface area contributed by atoms with Gasteiger partial charge in [-0.15, -0.1) is 0 Å². The van der Waals surface area contributed by atoms with E-state index >= 15 is 0 Å². The molecular weight excluding hydrogens is 318 g/mol. The molecule has 0 N–H and O–H groups in total. The molecule has 1 heterocycles. The van der Waals surface area contributed by atoms with E-state index in [4.69, 9.17) is 0 Å². The molecule has 1 aromatic rings. The number of nitrogens with zero attached hydrogens (tertiary/aromatic N) is 1. The lowest BCUT2D eigenvalue weighted by Crippen LogP contribution is -2.51. The number of aromatic nitrogens is 1. The Morgan fingerprint density at radius 2 is 1.12 bits per heavy atom. The Morgan fingerprint density at radius 3 is 1.40 bits per heavy atom. The quantitative estimate of drug-likeness (QED) is 0.390. The molecule has 0 bridgehead atoms. The zero-order valence-electron chi connectivity index (χ0n) is 17.7. The lowest BCUT2D eigenvalue weighted by molar-refractivity contribution is 0.765. The van der Waals surface area contributed by atoms with Gasteiger partial charge in [0.2, 0.25) is 0 Å². The molecule has 0 unspecified atom stereocenters. The van der Waals surface area contributed by atoms with Crippen LogP contribution in [0.3, 0.4) is 0 Å². The standard InChI is InChI=1S/C23H37NSi/c1-9-11-13-15-22-17-24(18-23(22)16-14-12-10-2)25(19(3)4,20(5)6)21(7)8/h17-21H,9-12H2,1-8H3. The Labute approximate surface area is 157 Å². The van der Waals surface area contributed by atoms with Crippen LogP contribution >= 0.6 is 0 Å². The molecule has 0 atom stereocenters. The second-order valence-electron chi connectivity index (χ2n) is 7.95. The van der Waals surface area contributed by atoms with E-state index in [2.05, 4.69) is 95.7 Å². The summed E-state index contributed by atoms with van der Waals surface area (Å²) >= 11 is 0. The summed E-state index contributed by atoms with van der Waals surface area (Å²) in [6.07, 6.45) is 8.73. The molecule has 2 heteroatoms. The fraction of sp³-hybridized carbons (Fsp3) is 0.652. The second-order valence-corrected chi connectivity index (χ2v) is 13.7. The van der Waals surface area contributed by atoms with Gasteiger partial charge in [-0.25, -0.2) is 0 Å². The second kappa shape index (κ2) is 9.93. The highest BCUT2D eigenvalue weighted by atomic mass is 28.3. The molecule has 0 saturated heterocycles. The highest BCUT2D eigenvalue weighted by molar-refractivity contribution is 6.82. The molecule has 0 fully saturated rings. The van der Waals surface area contributed by atoms with Gasteiger partial charge in [0, 0.05) is 25.2 Å². The van der Waals surface area contributed by atoms with Crippen LogP contribution < -0.4 is 0 Å². The topological polar surface area (TPSA) is 4.93 Å². The third-order valence-corrected chi connectivity index (χ3v) is 11.9. The fourth-order valence-electron chi connectivity index (χ4n) is 4.34. The predicted molar refractivity (Wildman–Crippen MR) is 114 cm³/mol. The Bertz CT molecular complexity index is 592. The predicted octanol–water partition coefficient (Wildman–Crippen LogP) is 6.81. The summed E-state index contributed by atoms with van der Waals surface area (Å²) in [4.78, 5) is 0. The lowest BCUT2D eigenvalue weighted by Gasteiger charge is -2.44. The summed E-state index contributed by atoms with van der Waals surface area (Å²) in [7, 11) is -1.73. The Hall–Kier alpha value is -1.38. The number of rotatable bonds is 6. The molecule has 1 nitrogen and oxygen atoms in total. The van der Waals surface area contributed by atoms with E-state index in [9.17, 15) is 0 Å².